The molecule has 1 aliphatic rings. The monoisotopic (exact) mass is 494 g/mol. The molecule has 0 aliphatic carbocycles. The molecule has 3 aromatic rings. The molecule has 0 bridgehead atoms. The third-order valence-corrected chi connectivity index (χ3v) is 7.11. The SMILES string of the molecule is Cc1ccc(C(C)C)c(OCc2nnc(SCC(=O)Nc3ccc(N4CCCC4)cc3C)n2N)c1. The van der Waals surface area contributed by atoms with Crippen LogP contribution in [0.2, 0.25) is 0 Å². The summed E-state index contributed by atoms with van der Waals surface area (Å²) in [7, 11) is 0. The first-order valence-electron chi connectivity index (χ1n) is 12.0. The van der Waals surface area contributed by atoms with Gasteiger partial charge in [0.1, 0.15) is 12.4 Å². The number of hydrogen-bond acceptors (Lipinski definition) is 7. The Morgan fingerprint density at radius 2 is 1.91 bits per heavy atom. The van der Waals surface area contributed by atoms with E-state index in [1.807, 2.05) is 26.0 Å². The normalized spacial score (nSPS) is 13.5. The lowest BCUT2D eigenvalue weighted by Gasteiger charge is -2.19. The average molecular weight is 495 g/mol. The minimum absolute atomic E-state index is 0.117. The molecule has 1 saturated heterocycles. The Labute approximate surface area is 211 Å². The Hall–Kier alpha value is -3.20. The molecular weight excluding hydrogens is 460 g/mol. The maximum atomic E-state index is 12.6. The molecule has 1 fully saturated rings. The molecule has 0 saturated carbocycles. The molecule has 0 spiro atoms. The van der Waals surface area contributed by atoms with Gasteiger partial charge in [0.15, 0.2) is 5.82 Å². The van der Waals surface area contributed by atoms with E-state index >= 15 is 0 Å². The van der Waals surface area contributed by atoms with Gasteiger partial charge in [0.2, 0.25) is 11.1 Å². The number of thioether (sulfide) groups is 1. The van der Waals surface area contributed by atoms with Crippen molar-refractivity contribution in [3.05, 3.63) is 58.9 Å². The standard InChI is InChI=1S/C26H34N6O2S/c1-17(2)21-9-7-18(3)13-23(21)34-15-24-29-30-26(32(24)27)35-16-25(33)28-22-10-8-20(14-19(22)4)31-11-5-6-12-31/h7-10,13-14,17H,5-6,11-12,15-16,27H2,1-4H3,(H,28,33). The number of amides is 1. The van der Waals surface area contributed by atoms with Crippen LogP contribution in [0.15, 0.2) is 41.6 Å². The Bertz CT molecular complexity index is 1190. The van der Waals surface area contributed by atoms with Crippen LogP contribution in [0.4, 0.5) is 11.4 Å². The van der Waals surface area contributed by atoms with Crippen LogP contribution >= 0.6 is 11.8 Å². The van der Waals surface area contributed by atoms with Gasteiger partial charge in [-0.25, -0.2) is 4.68 Å². The average Bonchev–Trinajstić information content (AvgIpc) is 3.48. The highest BCUT2D eigenvalue weighted by molar-refractivity contribution is 7.99. The van der Waals surface area contributed by atoms with E-state index in [0.717, 1.165) is 41.2 Å². The number of anilines is 2. The molecule has 2 aromatic carbocycles. The van der Waals surface area contributed by atoms with Crippen LogP contribution in [0.25, 0.3) is 0 Å². The second-order valence-electron chi connectivity index (χ2n) is 9.28. The van der Waals surface area contributed by atoms with Gasteiger partial charge in [0, 0.05) is 24.5 Å². The van der Waals surface area contributed by atoms with Crippen LogP contribution in [-0.4, -0.2) is 39.6 Å². The maximum Gasteiger partial charge on any atom is 0.234 e. The van der Waals surface area contributed by atoms with E-state index in [-0.39, 0.29) is 18.3 Å². The van der Waals surface area contributed by atoms with Crippen LogP contribution < -0.4 is 20.8 Å². The highest BCUT2D eigenvalue weighted by atomic mass is 32.2. The van der Waals surface area contributed by atoms with E-state index in [9.17, 15) is 4.79 Å². The summed E-state index contributed by atoms with van der Waals surface area (Å²) in [6.07, 6.45) is 2.47. The van der Waals surface area contributed by atoms with Gasteiger partial charge in [-0.05, 0) is 73.6 Å². The van der Waals surface area contributed by atoms with Crippen molar-refractivity contribution in [2.24, 2.45) is 0 Å². The van der Waals surface area contributed by atoms with Gasteiger partial charge in [0.05, 0.1) is 5.75 Å². The third kappa shape index (κ3) is 6.08. The van der Waals surface area contributed by atoms with Gasteiger partial charge >= 0.3 is 0 Å². The maximum absolute atomic E-state index is 12.6. The molecule has 2 heterocycles. The van der Waals surface area contributed by atoms with Gasteiger partial charge < -0.3 is 20.8 Å². The summed E-state index contributed by atoms with van der Waals surface area (Å²) in [5.41, 5.74) is 5.34. The number of benzene rings is 2. The van der Waals surface area contributed by atoms with Crippen LogP contribution in [-0.2, 0) is 11.4 Å². The van der Waals surface area contributed by atoms with Crippen molar-refractivity contribution in [1.29, 1.82) is 0 Å². The van der Waals surface area contributed by atoms with Gasteiger partial charge in [-0.1, -0.05) is 37.7 Å². The van der Waals surface area contributed by atoms with E-state index in [1.165, 1.54) is 35.0 Å². The van der Waals surface area contributed by atoms with E-state index in [4.69, 9.17) is 10.6 Å². The number of nitrogens with zero attached hydrogens (tertiary/aromatic N) is 4. The molecule has 4 rings (SSSR count). The summed E-state index contributed by atoms with van der Waals surface area (Å²) in [6.45, 7) is 10.7. The van der Waals surface area contributed by atoms with Crippen molar-refractivity contribution >= 4 is 29.0 Å². The Balaban J connectivity index is 1.32. The number of rotatable bonds is 9. The minimum atomic E-state index is -0.117. The smallest absolute Gasteiger partial charge is 0.234 e. The van der Waals surface area contributed by atoms with Crippen LogP contribution in [0.3, 0.4) is 0 Å². The molecule has 1 aliphatic heterocycles. The second-order valence-corrected chi connectivity index (χ2v) is 10.2. The fraction of sp³-hybridized carbons (Fsp3) is 0.423. The lowest BCUT2D eigenvalue weighted by Crippen LogP contribution is -2.19. The van der Waals surface area contributed by atoms with Crippen molar-refractivity contribution in [2.75, 3.05) is 34.9 Å². The number of aromatic nitrogens is 3. The summed E-state index contributed by atoms with van der Waals surface area (Å²) in [4.78, 5) is 15.0. The molecule has 0 atom stereocenters. The van der Waals surface area contributed by atoms with Crippen molar-refractivity contribution in [3.8, 4) is 5.75 Å². The fourth-order valence-electron chi connectivity index (χ4n) is 4.17. The first kappa shape index (κ1) is 24.9. The third-order valence-electron chi connectivity index (χ3n) is 6.17. The number of nitrogens with one attached hydrogen (secondary N) is 1. The second kappa shape index (κ2) is 11.0. The van der Waals surface area contributed by atoms with E-state index in [0.29, 0.717) is 16.9 Å². The van der Waals surface area contributed by atoms with Gasteiger partial charge in [-0.15, -0.1) is 10.2 Å². The number of carbonyl (C=O) groups is 1. The van der Waals surface area contributed by atoms with Crippen LogP contribution in [0, 0.1) is 13.8 Å². The summed E-state index contributed by atoms with van der Waals surface area (Å²) in [5, 5.41) is 11.8. The lowest BCUT2D eigenvalue weighted by atomic mass is 10.0. The number of aryl methyl sites for hydroxylation is 2. The Morgan fingerprint density at radius 3 is 2.63 bits per heavy atom. The van der Waals surface area contributed by atoms with Crippen molar-refractivity contribution in [2.45, 2.75) is 58.2 Å². The van der Waals surface area contributed by atoms with Gasteiger partial charge in [-0.2, -0.15) is 0 Å². The number of nitrogen functional groups attached to an aromatic ring is 1. The highest BCUT2D eigenvalue weighted by Crippen LogP contribution is 2.29. The molecular formula is C26H34N6O2S. The summed E-state index contributed by atoms with van der Waals surface area (Å²) >= 11 is 1.25. The minimum Gasteiger partial charge on any atom is -0.485 e. The highest BCUT2D eigenvalue weighted by Gasteiger charge is 2.16. The number of ether oxygens (including phenoxy) is 1. The number of hydrogen-bond donors (Lipinski definition) is 2. The quantitative estimate of drug-likeness (QED) is 0.330. The zero-order valence-electron chi connectivity index (χ0n) is 20.9. The van der Waals surface area contributed by atoms with Crippen LogP contribution in [0.1, 0.15) is 55.1 Å². The molecule has 186 valence electrons. The Morgan fingerprint density at radius 1 is 1.14 bits per heavy atom. The first-order valence-corrected chi connectivity index (χ1v) is 13.0. The largest absolute Gasteiger partial charge is 0.485 e. The van der Waals surface area contributed by atoms with E-state index in [2.05, 4.69) is 58.5 Å². The predicted octanol–water partition coefficient (Wildman–Crippen LogP) is 4.64. The topological polar surface area (TPSA) is 98.3 Å². The van der Waals surface area contributed by atoms with Crippen LogP contribution in [0.5, 0.6) is 5.75 Å². The van der Waals surface area contributed by atoms with Crippen molar-refractivity contribution in [1.82, 2.24) is 14.9 Å². The molecule has 8 nitrogen and oxygen atoms in total. The molecule has 9 heteroatoms. The molecule has 1 aromatic heterocycles. The van der Waals surface area contributed by atoms with Crippen molar-refractivity contribution in [3.63, 3.8) is 0 Å². The molecule has 35 heavy (non-hydrogen) atoms. The molecule has 1 amide bonds. The number of nitrogens with two attached hydrogens (primary N) is 1. The van der Waals surface area contributed by atoms with Crippen molar-refractivity contribution < 1.29 is 9.53 Å². The number of carbonyl (C=O) groups excluding carboxylic acids is 1. The summed E-state index contributed by atoms with van der Waals surface area (Å²) < 4.78 is 7.42. The van der Waals surface area contributed by atoms with Gasteiger partial charge in [-0.3, -0.25) is 4.79 Å². The van der Waals surface area contributed by atoms with Gasteiger partial charge in [0.25, 0.3) is 0 Å². The summed E-state index contributed by atoms with van der Waals surface area (Å²) in [6, 6.07) is 12.4. The molecule has 0 unspecified atom stereocenters. The zero-order valence-corrected chi connectivity index (χ0v) is 21.7. The lowest BCUT2D eigenvalue weighted by molar-refractivity contribution is -0.113. The molecule has 3 N–H and O–H groups in total. The van der Waals surface area contributed by atoms with E-state index < -0.39 is 0 Å². The molecule has 0 radical (unpaired) electrons. The fourth-order valence-corrected chi connectivity index (χ4v) is 4.84. The summed E-state index contributed by atoms with van der Waals surface area (Å²) in [5.74, 6) is 7.91. The van der Waals surface area contributed by atoms with E-state index in [1.54, 1.807) is 0 Å². The first-order chi connectivity index (χ1) is 16.8. The predicted molar refractivity (Wildman–Crippen MR) is 142 cm³/mol. The Kier molecular flexibility index (Phi) is 7.85. The zero-order chi connectivity index (χ0) is 24.9.